The quantitative estimate of drug-likeness (QED) is 0.741. The largest absolute Gasteiger partial charge is 0.346 e. The van der Waals surface area contributed by atoms with Crippen molar-refractivity contribution < 1.29 is 0 Å². The molecule has 8 heteroatoms. The first-order valence-electron chi connectivity index (χ1n) is 9.02. The molecule has 2 aliphatic rings. The van der Waals surface area contributed by atoms with Crippen molar-refractivity contribution in [2.24, 2.45) is 0 Å². The van der Waals surface area contributed by atoms with E-state index < -0.39 is 0 Å². The molecular weight excluding hydrogens is 346 g/mol. The molecule has 5 rings (SSSR count). The Hall–Kier alpha value is -2.32. The van der Waals surface area contributed by atoms with Crippen LogP contribution < -0.4 is 10.2 Å². The maximum absolute atomic E-state index is 4.68. The number of anilines is 1. The molecule has 0 aromatic carbocycles. The van der Waals surface area contributed by atoms with Gasteiger partial charge in [0, 0.05) is 36.9 Å². The third-order valence-corrected chi connectivity index (χ3v) is 6.06. The number of rotatable bonds is 3. The number of imidazole rings is 1. The minimum atomic E-state index is 0.559. The monoisotopic (exact) mass is 367 g/mol. The summed E-state index contributed by atoms with van der Waals surface area (Å²) in [5, 5.41) is 4.47. The van der Waals surface area contributed by atoms with E-state index in [2.05, 4.69) is 47.1 Å². The van der Waals surface area contributed by atoms with Crippen molar-refractivity contribution in [1.82, 2.24) is 29.8 Å². The average Bonchev–Trinajstić information content (AvgIpc) is 3.38. The molecule has 0 saturated carbocycles. The van der Waals surface area contributed by atoms with Gasteiger partial charge in [0.05, 0.1) is 22.3 Å². The van der Waals surface area contributed by atoms with Crippen molar-refractivity contribution in [2.45, 2.75) is 18.9 Å². The fourth-order valence-electron chi connectivity index (χ4n) is 3.66. The van der Waals surface area contributed by atoms with E-state index in [-0.39, 0.29) is 0 Å². The zero-order chi connectivity index (χ0) is 17.3. The summed E-state index contributed by atoms with van der Waals surface area (Å²) in [4.78, 5) is 20.1. The standard InChI is InChI=1S/C18H21N7S/c1-4-19-5-2-13(1)25-9-15(23-12-25)16-10-24(7-8-26-16)18-14-3-6-20-17(14)21-11-22-18/h3,6,9-13,19H,1-2,4-5,7-8H2,(H,20,21,22). The molecule has 7 nitrogen and oxygen atoms in total. The predicted molar refractivity (Wildman–Crippen MR) is 105 cm³/mol. The molecule has 5 heterocycles. The van der Waals surface area contributed by atoms with E-state index in [0.717, 1.165) is 47.9 Å². The van der Waals surface area contributed by atoms with Crippen LogP contribution in [-0.2, 0) is 0 Å². The van der Waals surface area contributed by atoms with Gasteiger partial charge >= 0.3 is 0 Å². The molecule has 0 atom stereocenters. The van der Waals surface area contributed by atoms with Crippen molar-refractivity contribution >= 4 is 33.5 Å². The number of aromatic amines is 1. The van der Waals surface area contributed by atoms with Gasteiger partial charge in [0.15, 0.2) is 0 Å². The van der Waals surface area contributed by atoms with Crippen molar-refractivity contribution in [1.29, 1.82) is 0 Å². The van der Waals surface area contributed by atoms with Crippen LogP contribution in [0.1, 0.15) is 24.6 Å². The van der Waals surface area contributed by atoms with Gasteiger partial charge in [-0.1, -0.05) is 0 Å². The highest BCUT2D eigenvalue weighted by atomic mass is 32.2. The number of thioether (sulfide) groups is 1. The number of piperidine rings is 1. The SMILES string of the molecule is C1=C(c2cn(C3CCNCC3)cn2)SCCN1c1ncnc2[nH]ccc12. The lowest BCUT2D eigenvalue weighted by Gasteiger charge is -2.25. The van der Waals surface area contributed by atoms with Crippen LogP contribution in [0.5, 0.6) is 0 Å². The minimum absolute atomic E-state index is 0.559. The molecule has 0 bridgehead atoms. The molecule has 3 aromatic heterocycles. The lowest BCUT2D eigenvalue weighted by Crippen LogP contribution is -2.28. The average molecular weight is 367 g/mol. The van der Waals surface area contributed by atoms with Gasteiger partial charge in [0.25, 0.3) is 0 Å². The minimum Gasteiger partial charge on any atom is -0.346 e. The third kappa shape index (κ3) is 2.89. The lowest BCUT2D eigenvalue weighted by molar-refractivity contribution is 0.368. The molecule has 3 aromatic rings. The smallest absolute Gasteiger partial charge is 0.145 e. The van der Waals surface area contributed by atoms with E-state index in [1.807, 2.05) is 30.4 Å². The maximum atomic E-state index is 4.68. The molecule has 0 unspecified atom stereocenters. The van der Waals surface area contributed by atoms with Crippen molar-refractivity contribution in [2.75, 3.05) is 30.3 Å². The zero-order valence-electron chi connectivity index (χ0n) is 14.4. The summed E-state index contributed by atoms with van der Waals surface area (Å²) in [6.45, 7) is 3.11. The van der Waals surface area contributed by atoms with Gasteiger partial charge in [0.1, 0.15) is 17.8 Å². The molecule has 1 fully saturated rings. The number of hydrogen-bond acceptors (Lipinski definition) is 6. The first kappa shape index (κ1) is 15.9. The Bertz CT molecular complexity index is 938. The van der Waals surface area contributed by atoms with Crippen LogP contribution in [0.25, 0.3) is 15.9 Å². The number of nitrogens with one attached hydrogen (secondary N) is 2. The number of hydrogen-bond donors (Lipinski definition) is 2. The van der Waals surface area contributed by atoms with Crippen LogP contribution in [0.4, 0.5) is 5.82 Å². The second-order valence-corrected chi connectivity index (χ2v) is 7.80. The van der Waals surface area contributed by atoms with E-state index in [1.165, 1.54) is 17.7 Å². The zero-order valence-corrected chi connectivity index (χ0v) is 15.2. The van der Waals surface area contributed by atoms with Crippen molar-refractivity contribution in [3.05, 3.63) is 43.0 Å². The predicted octanol–water partition coefficient (Wildman–Crippen LogP) is 2.63. The molecule has 2 aliphatic heterocycles. The first-order chi connectivity index (χ1) is 12.9. The van der Waals surface area contributed by atoms with Crippen LogP contribution in [-0.4, -0.2) is 49.9 Å². The van der Waals surface area contributed by atoms with E-state index in [0.29, 0.717) is 6.04 Å². The fourth-order valence-corrected chi connectivity index (χ4v) is 4.62. The first-order valence-corrected chi connectivity index (χ1v) is 10.0. The molecule has 0 amide bonds. The Morgan fingerprint density at radius 3 is 3.00 bits per heavy atom. The molecule has 0 spiro atoms. The van der Waals surface area contributed by atoms with E-state index in [4.69, 9.17) is 0 Å². The molecule has 1 saturated heterocycles. The maximum Gasteiger partial charge on any atom is 0.145 e. The highest BCUT2D eigenvalue weighted by molar-refractivity contribution is 8.08. The number of aromatic nitrogens is 5. The van der Waals surface area contributed by atoms with Crippen LogP contribution in [0, 0.1) is 0 Å². The summed E-state index contributed by atoms with van der Waals surface area (Å²) in [6.07, 6.45) is 12.2. The van der Waals surface area contributed by atoms with Gasteiger partial charge in [-0.3, -0.25) is 0 Å². The Morgan fingerprint density at radius 2 is 2.08 bits per heavy atom. The normalized spacial score (nSPS) is 19.1. The van der Waals surface area contributed by atoms with Crippen LogP contribution in [0.2, 0.25) is 0 Å². The Morgan fingerprint density at radius 1 is 1.15 bits per heavy atom. The van der Waals surface area contributed by atoms with E-state index in [1.54, 1.807) is 6.33 Å². The van der Waals surface area contributed by atoms with Crippen molar-refractivity contribution in [3.63, 3.8) is 0 Å². The van der Waals surface area contributed by atoms with Gasteiger partial charge in [-0.05, 0) is 32.0 Å². The molecule has 26 heavy (non-hydrogen) atoms. The Kier molecular flexibility index (Phi) is 4.14. The highest BCUT2D eigenvalue weighted by Gasteiger charge is 2.20. The van der Waals surface area contributed by atoms with Crippen LogP contribution in [0.3, 0.4) is 0 Å². The van der Waals surface area contributed by atoms with E-state index >= 15 is 0 Å². The van der Waals surface area contributed by atoms with Gasteiger partial charge in [-0.25, -0.2) is 15.0 Å². The molecular formula is C18H21N7S. The summed E-state index contributed by atoms with van der Waals surface area (Å²) in [6, 6.07) is 2.59. The summed E-state index contributed by atoms with van der Waals surface area (Å²) >= 11 is 1.86. The Labute approximate surface area is 155 Å². The number of fused-ring (bicyclic) bond motifs is 1. The summed E-state index contributed by atoms with van der Waals surface area (Å²) in [7, 11) is 0. The molecule has 134 valence electrons. The molecule has 2 N–H and O–H groups in total. The topological polar surface area (TPSA) is 74.7 Å². The summed E-state index contributed by atoms with van der Waals surface area (Å²) in [5.41, 5.74) is 1.93. The van der Waals surface area contributed by atoms with Gasteiger partial charge in [0.2, 0.25) is 0 Å². The summed E-state index contributed by atoms with van der Waals surface area (Å²) in [5.74, 6) is 1.97. The van der Waals surface area contributed by atoms with Crippen molar-refractivity contribution in [3.8, 4) is 0 Å². The summed E-state index contributed by atoms with van der Waals surface area (Å²) < 4.78 is 2.28. The van der Waals surface area contributed by atoms with Gasteiger partial charge in [-0.15, -0.1) is 11.8 Å². The van der Waals surface area contributed by atoms with E-state index in [9.17, 15) is 0 Å². The second-order valence-electron chi connectivity index (χ2n) is 6.66. The third-order valence-electron chi connectivity index (χ3n) is 5.05. The Balaban J connectivity index is 1.44. The van der Waals surface area contributed by atoms with Gasteiger partial charge in [-0.2, -0.15) is 0 Å². The second kappa shape index (κ2) is 6.77. The molecule has 0 aliphatic carbocycles. The van der Waals surface area contributed by atoms with Crippen LogP contribution >= 0.6 is 11.8 Å². The van der Waals surface area contributed by atoms with Crippen LogP contribution in [0.15, 0.2) is 37.3 Å². The lowest BCUT2D eigenvalue weighted by atomic mass is 10.1. The number of H-pyrrole nitrogens is 1. The molecule has 0 radical (unpaired) electrons. The fraction of sp³-hybridized carbons (Fsp3) is 0.389. The number of nitrogens with zero attached hydrogens (tertiary/aromatic N) is 5. The van der Waals surface area contributed by atoms with Gasteiger partial charge < -0.3 is 19.8 Å². The highest BCUT2D eigenvalue weighted by Crippen LogP contribution is 2.34.